The summed E-state index contributed by atoms with van der Waals surface area (Å²) in [7, 11) is -1.24. The van der Waals surface area contributed by atoms with Crippen LogP contribution in [0.4, 0.5) is 0 Å². The van der Waals surface area contributed by atoms with Crippen LogP contribution in [0, 0.1) is 5.92 Å². The summed E-state index contributed by atoms with van der Waals surface area (Å²) in [6, 6.07) is 1.90. The Morgan fingerprint density at radius 3 is 2.74 bits per heavy atom. The average Bonchev–Trinajstić information content (AvgIpc) is 2.94. The summed E-state index contributed by atoms with van der Waals surface area (Å²) in [6.45, 7) is 1.20. The number of aromatic nitrogens is 4. The third-order valence-corrected chi connectivity index (χ3v) is 5.51. The van der Waals surface area contributed by atoms with Crippen LogP contribution in [0.3, 0.4) is 0 Å². The fourth-order valence-corrected chi connectivity index (χ4v) is 3.95. The van der Waals surface area contributed by atoms with Crippen LogP contribution in [0.1, 0.15) is 18.5 Å². The summed E-state index contributed by atoms with van der Waals surface area (Å²) in [4.78, 5) is 8.95. The standard InChI is InChI=1S/C15H21N5O2S/c1-19-15(5-6-18-19)14-10-16-13(9-17-14)8-12-4-3-7-20(11-12)23(2,21)22/h5-6,9-10,12H,3-4,7-8,11H2,1-2H3. The zero-order valence-corrected chi connectivity index (χ0v) is 14.2. The molecule has 1 aliphatic rings. The van der Waals surface area contributed by atoms with Gasteiger partial charge in [0.2, 0.25) is 10.0 Å². The Hall–Kier alpha value is -1.80. The lowest BCUT2D eigenvalue weighted by Crippen LogP contribution is -2.39. The third kappa shape index (κ3) is 3.76. The van der Waals surface area contributed by atoms with Crippen LogP contribution in [-0.4, -0.2) is 51.8 Å². The molecule has 0 N–H and O–H groups in total. The van der Waals surface area contributed by atoms with Gasteiger partial charge in [-0.25, -0.2) is 12.7 Å². The second-order valence-corrected chi connectivity index (χ2v) is 8.05. The highest BCUT2D eigenvalue weighted by atomic mass is 32.2. The van der Waals surface area contributed by atoms with Crippen molar-refractivity contribution in [3.63, 3.8) is 0 Å². The van der Waals surface area contributed by atoms with Gasteiger partial charge in [0.15, 0.2) is 0 Å². The van der Waals surface area contributed by atoms with Crippen LogP contribution >= 0.6 is 0 Å². The maximum absolute atomic E-state index is 11.7. The molecule has 1 unspecified atom stereocenters. The van der Waals surface area contributed by atoms with E-state index in [1.54, 1.807) is 27.6 Å². The second kappa shape index (κ2) is 6.37. The normalized spacial score (nSPS) is 19.8. The minimum atomic E-state index is -3.10. The molecule has 0 spiro atoms. The molecule has 0 bridgehead atoms. The number of rotatable bonds is 4. The minimum Gasteiger partial charge on any atom is -0.266 e. The van der Waals surface area contributed by atoms with E-state index in [1.165, 1.54) is 6.26 Å². The molecule has 2 aromatic heterocycles. The number of piperidine rings is 1. The van der Waals surface area contributed by atoms with E-state index in [0.717, 1.165) is 36.3 Å². The van der Waals surface area contributed by atoms with Crippen LogP contribution in [-0.2, 0) is 23.5 Å². The van der Waals surface area contributed by atoms with Gasteiger partial charge in [0.25, 0.3) is 0 Å². The van der Waals surface area contributed by atoms with Crippen LogP contribution in [0.15, 0.2) is 24.7 Å². The minimum absolute atomic E-state index is 0.301. The monoisotopic (exact) mass is 335 g/mol. The summed E-state index contributed by atoms with van der Waals surface area (Å²) in [5.41, 5.74) is 2.61. The Kier molecular flexibility index (Phi) is 4.45. The van der Waals surface area contributed by atoms with Gasteiger partial charge in [0.05, 0.1) is 23.8 Å². The number of hydrogen-bond acceptors (Lipinski definition) is 5. The zero-order valence-electron chi connectivity index (χ0n) is 13.4. The molecule has 0 aromatic carbocycles. The first-order chi connectivity index (χ1) is 10.9. The molecule has 2 aromatic rings. The molecule has 1 atom stereocenters. The quantitative estimate of drug-likeness (QED) is 0.835. The van der Waals surface area contributed by atoms with E-state index >= 15 is 0 Å². The number of aryl methyl sites for hydroxylation is 1. The lowest BCUT2D eigenvalue weighted by molar-refractivity contribution is 0.265. The molecule has 0 amide bonds. The zero-order chi connectivity index (χ0) is 16.4. The van der Waals surface area contributed by atoms with Crippen LogP contribution in [0.5, 0.6) is 0 Å². The van der Waals surface area contributed by atoms with E-state index < -0.39 is 10.0 Å². The average molecular weight is 335 g/mol. The van der Waals surface area contributed by atoms with Crippen molar-refractivity contribution >= 4 is 10.0 Å². The molecule has 7 nitrogen and oxygen atoms in total. The Balaban J connectivity index is 1.68. The van der Waals surface area contributed by atoms with Gasteiger partial charge in [-0.2, -0.15) is 5.10 Å². The van der Waals surface area contributed by atoms with Gasteiger partial charge in [-0.3, -0.25) is 14.6 Å². The van der Waals surface area contributed by atoms with Gasteiger partial charge in [0.1, 0.15) is 5.69 Å². The second-order valence-electron chi connectivity index (χ2n) is 6.07. The van der Waals surface area contributed by atoms with Crippen molar-refractivity contribution in [3.05, 3.63) is 30.4 Å². The maximum atomic E-state index is 11.7. The molecule has 3 rings (SSSR count). The van der Waals surface area contributed by atoms with Crippen LogP contribution in [0.2, 0.25) is 0 Å². The Morgan fingerprint density at radius 2 is 2.13 bits per heavy atom. The summed E-state index contributed by atoms with van der Waals surface area (Å²) in [5, 5.41) is 4.13. The first-order valence-electron chi connectivity index (χ1n) is 7.68. The van der Waals surface area contributed by atoms with Gasteiger partial charge in [-0.1, -0.05) is 0 Å². The molecule has 1 fully saturated rings. The van der Waals surface area contributed by atoms with Crippen LogP contribution < -0.4 is 0 Å². The molecular weight excluding hydrogens is 314 g/mol. The largest absolute Gasteiger partial charge is 0.266 e. The van der Waals surface area contributed by atoms with E-state index in [-0.39, 0.29) is 0 Å². The molecule has 0 radical (unpaired) electrons. The predicted octanol–water partition coefficient (Wildman–Crippen LogP) is 1.09. The first kappa shape index (κ1) is 16.1. The van der Waals surface area contributed by atoms with Gasteiger partial charge < -0.3 is 0 Å². The van der Waals surface area contributed by atoms with Crippen molar-refractivity contribution in [1.29, 1.82) is 0 Å². The van der Waals surface area contributed by atoms with Gasteiger partial charge in [-0.15, -0.1) is 0 Å². The topological polar surface area (TPSA) is 81.0 Å². The Bertz CT molecular complexity index is 769. The molecule has 1 aliphatic heterocycles. The van der Waals surface area contributed by atoms with Gasteiger partial charge in [-0.05, 0) is 31.2 Å². The molecule has 3 heterocycles. The highest BCUT2D eigenvalue weighted by molar-refractivity contribution is 7.88. The molecule has 124 valence electrons. The van der Waals surface area contributed by atoms with E-state index in [9.17, 15) is 8.42 Å². The van der Waals surface area contributed by atoms with Crippen molar-refractivity contribution in [1.82, 2.24) is 24.1 Å². The SMILES string of the molecule is Cn1nccc1-c1cnc(CC2CCCN(S(C)(=O)=O)C2)cn1. The third-order valence-electron chi connectivity index (χ3n) is 4.24. The van der Waals surface area contributed by atoms with Gasteiger partial charge >= 0.3 is 0 Å². The molecule has 8 heteroatoms. The Morgan fingerprint density at radius 1 is 1.30 bits per heavy atom. The van der Waals surface area contributed by atoms with E-state index in [2.05, 4.69) is 15.1 Å². The van der Waals surface area contributed by atoms with E-state index in [4.69, 9.17) is 0 Å². The molecule has 0 aliphatic carbocycles. The Labute approximate surface area is 136 Å². The van der Waals surface area contributed by atoms with E-state index in [1.807, 2.05) is 13.1 Å². The van der Waals surface area contributed by atoms with E-state index in [0.29, 0.717) is 19.0 Å². The molecule has 0 saturated carbocycles. The smallest absolute Gasteiger partial charge is 0.211 e. The highest BCUT2D eigenvalue weighted by Crippen LogP contribution is 2.22. The van der Waals surface area contributed by atoms with Crippen molar-refractivity contribution < 1.29 is 8.42 Å². The van der Waals surface area contributed by atoms with Crippen LogP contribution in [0.25, 0.3) is 11.4 Å². The fourth-order valence-electron chi connectivity index (χ4n) is 3.01. The number of hydrogen-bond donors (Lipinski definition) is 0. The summed E-state index contributed by atoms with van der Waals surface area (Å²) < 4.78 is 26.7. The lowest BCUT2D eigenvalue weighted by atomic mass is 9.95. The van der Waals surface area contributed by atoms with Crippen molar-refractivity contribution in [3.8, 4) is 11.4 Å². The fraction of sp³-hybridized carbons (Fsp3) is 0.533. The number of sulfonamides is 1. The predicted molar refractivity (Wildman–Crippen MR) is 87.1 cm³/mol. The first-order valence-corrected chi connectivity index (χ1v) is 9.53. The summed E-state index contributed by atoms with van der Waals surface area (Å²) in [5.74, 6) is 0.301. The van der Waals surface area contributed by atoms with Gasteiger partial charge in [0, 0.05) is 32.5 Å². The molecule has 1 saturated heterocycles. The molecule has 23 heavy (non-hydrogen) atoms. The lowest BCUT2D eigenvalue weighted by Gasteiger charge is -2.30. The number of nitrogens with zero attached hydrogens (tertiary/aromatic N) is 5. The summed E-state index contributed by atoms with van der Waals surface area (Å²) in [6.07, 6.45) is 9.22. The molecular formula is C15H21N5O2S. The maximum Gasteiger partial charge on any atom is 0.211 e. The highest BCUT2D eigenvalue weighted by Gasteiger charge is 2.26. The van der Waals surface area contributed by atoms with Crippen molar-refractivity contribution in [2.45, 2.75) is 19.3 Å². The van der Waals surface area contributed by atoms with Crippen molar-refractivity contribution in [2.75, 3.05) is 19.3 Å². The van der Waals surface area contributed by atoms with Crippen molar-refractivity contribution in [2.24, 2.45) is 13.0 Å². The summed E-state index contributed by atoms with van der Waals surface area (Å²) >= 11 is 0.